The number of likely N-dealkylation sites (tertiary alicyclic amines) is 1. The molecule has 4 bridgehead atoms. The number of nitrogens with zero attached hydrogens (tertiary/aromatic N) is 4. The number of aromatic nitrogens is 2. The molecule has 1 aliphatic carbocycles. The highest BCUT2D eigenvalue weighted by Gasteiger charge is 2.49. The third-order valence-electron chi connectivity index (χ3n) is 10.8. The summed E-state index contributed by atoms with van der Waals surface area (Å²) in [6, 6.07) is 10.6. The van der Waals surface area contributed by atoms with Gasteiger partial charge < -0.3 is 24.8 Å². The van der Waals surface area contributed by atoms with Crippen LogP contribution in [0, 0.1) is 29.4 Å². The van der Waals surface area contributed by atoms with E-state index in [0.717, 1.165) is 51.8 Å². The standard InChI is InChI=1S/C36H35F2N5O3/c1-2-20-4-3-5-21-10-25(44)12-27(30(20)21)31-29(37)13-28-33(32(31)38)40-35(41-34(28)42-14-22-6-7-23(15-42)39-22)46-19-36(8-9-36)18-43-16-26-11-24(43)17-45-26/h1,3-5,10,12-13,22-24,26,39,44H,6-9,11,14-19H2/t22?,23?,24-,26-/m1/s1. The molecule has 46 heavy (non-hydrogen) atoms. The van der Waals surface area contributed by atoms with E-state index >= 15 is 8.78 Å². The Morgan fingerprint density at radius 2 is 1.93 bits per heavy atom. The maximum absolute atomic E-state index is 16.9. The van der Waals surface area contributed by atoms with E-state index in [1.807, 2.05) is 0 Å². The molecule has 3 aromatic carbocycles. The second kappa shape index (κ2) is 10.5. The molecule has 236 valence electrons. The number of terminal acetylenes is 1. The molecule has 5 heterocycles. The van der Waals surface area contributed by atoms with Crippen LogP contribution >= 0.6 is 0 Å². The predicted octanol–water partition coefficient (Wildman–Crippen LogP) is 4.99. The van der Waals surface area contributed by atoms with Gasteiger partial charge in [-0.25, -0.2) is 8.78 Å². The number of benzene rings is 3. The van der Waals surface area contributed by atoms with Gasteiger partial charge >= 0.3 is 6.01 Å². The highest BCUT2D eigenvalue weighted by molar-refractivity contribution is 6.04. The first-order valence-corrected chi connectivity index (χ1v) is 16.3. The smallest absolute Gasteiger partial charge is 0.319 e. The first kappa shape index (κ1) is 28.2. The van der Waals surface area contributed by atoms with Crippen molar-refractivity contribution in [3.8, 4) is 35.2 Å². The number of phenols is 1. The van der Waals surface area contributed by atoms with Crippen molar-refractivity contribution in [3.05, 3.63) is 53.6 Å². The molecule has 1 aromatic heterocycles. The zero-order chi connectivity index (χ0) is 31.2. The summed E-state index contributed by atoms with van der Waals surface area (Å²) >= 11 is 0. The Hall–Kier alpha value is -4.04. The highest BCUT2D eigenvalue weighted by atomic mass is 19.1. The molecule has 0 radical (unpaired) electrons. The van der Waals surface area contributed by atoms with Crippen LogP contribution in [-0.2, 0) is 4.74 Å². The molecule has 5 fully saturated rings. The van der Waals surface area contributed by atoms with Crippen molar-refractivity contribution in [1.82, 2.24) is 20.2 Å². The number of hydrogen-bond acceptors (Lipinski definition) is 8. The molecule has 1 saturated carbocycles. The van der Waals surface area contributed by atoms with E-state index in [9.17, 15) is 5.11 Å². The number of halogens is 2. The van der Waals surface area contributed by atoms with Crippen LogP contribution in [0.15, 0.2) is 36.4 Å². The van der Waals surface area contributed by atoms with Gasteiger partial charge in [0.2, 0.25) is 0 Å². The fourth-order valence-electron chi connectivity index (χ4n) is 8.26. The van der Waals surface area contributed by atoms with E-state index < -0.39 is 11.6 Å². The molecular formula is C36H35F2N5O3. The molecule has 0 spiro atoms. The minimum atomic E-state index is -0.838. The topological polar surface area (TPSA) is 83.0 Å². The number of aromatic hydroxyl groups is 1. The van der Waals surface area contributed by atoms with Gasteiger partial charge in [-0.1, -0.05) is 18.1 Å². The van der Waals surface area contributed by atoms with Crippen molar-refractivity contribution in [2.45, 2.75) is 56.3 Å². The third-order valence-corrected chi connectivity index (χ3v) is 10.8. The van der Waals surface area contributed by atoms with Crippen LogP contribution in [0.5, 0.6) is 11.8 Å². The zero-order valence-electron chi connectivity index (χ0n) is 25.4. The van der Waals surface area contributed by atoms with E-state index in [0.29, 0.717) is 59.4 Å². The summed E-state index contributed by atoms with van der Waals surface area (Å²) in [6.07, 6.45) is 11.4. The van der Waals surface area contributed by atoms with Crippen LogP contribution in [0.2, 0.25) is 0 Å². The number of rotatable bonds is 7. The monoisotopic (exact) mass is 623 g/mol. The molecule has 10 heteroatoms. The van der Waals surface area contributed by atoms with Gasteiger partial charge in [0.05, 0.1) is 24.9 Å². The van der Waals surface area contributed by atoms with Gasteiger partial charge in [-0.2, -0.15) is 9.97 Å². The summed E-state index contributed by atoms with van der Waals surface area (Å²) in [6.45, 7) is 4.47. The molecule has 5 aliphatic rings. The molecule has 4 atom stereocenters. The first-order chi connectivity index (χ1) is 22.4. The van der Waals surface area contributed by atoms with Gasteiger partial charge in [0.1, 0.15) is 22.9 Å². The van der Waals surface area contributed by atoms with Crippen molar-refractivity contribution in [2.75, 3.05) is 44.3 Å². The summed E-state index contributed by atoms with van der Waals surface area (Å²) in [5, 5.41) is 15.6. The summed E-state index contributed by atoms with van der Waals surface area (Å²) in [5.74, 6) is 1.37. The Labute approximate surface area is 265 Å². The van der Waals surface area contributed by atoms with Crippen molar-refractivity contribution in [3.63, 3.8) is 0 Å². The van der Waals surface area contributed by atoms with Gasteiger partial charge in [0.25, 0.3) is 0 Å². The van der Waals surface area contributed by atoms with Crippen molar-refractivity contribution in [1.29, 1.82) is 0 Å². The average Bonchev–Trinajstić information content (AvgIpc) is 3.31. The van der Waals surface area contributed by atoms with Crippen LogP contribution in [0.4, 0.5) is 14.6 Å². The molecule has 8 nitrogen and oxygen atoms in total. The number of hydrogen-bond donors (Lipinski definition) is 2. The lowest BCUT2D eigenvalue weighted by Gasteiger charge is -2.34. The Morgan fingerprint density at radius 1 is 1.11 bits per heavy atom. The van der Waals surface area contributed by atoms with E-state index in [4.69, 9.17) is 20.9 Å². The summed E-state index contributed by atoms with van der Waals surface area (Å²) in [5.41, 5.74) is 0.343. The molecule has 4 aromatic rings. The van der Waals surface area contributed by atoms with Crippen molar-refractivity contribution < 1.29 is 23.4 Å². The van der Waals surface area contributed by atoms with Crippen molar-refractivity contribution >= 4 is 27.5 Å². The molecule has 4 aliphatic heterocycles. The third kappa shape index (κ3) is 4.67. The minimum absolute atomic E-state index is 0.00964. The molecule has 2 N–H and O–H groups in total. The summed E-state index contributed by atoms with van der Waals surface area (Å²) in [7, 11) is 0. The van der Waals surface area contributed by atoms with Gasteiger partial charge in [-0.05, 0) is 61.8 Å². The van der Waals surface area contributed by atoms with Gasteiger partial charge in [0.15, 0.2) is 5.82 Å². The normalized spacial score (nSPS) is 26.2. The van der Waals surface area contributed by atoms with Crippen LogP contribution in [0.25, 0.3) is 32.8 Å². The SMILES string of the molecule is C#Cc1cccc2cc(O)cc(-c3c(F)cc4c(N5CC6CCC(C5)N6)nc(OCC5(CN6C[C@H]7C[C@@H]6CO7)CC5)nc4c3F)c12. The van der Waals surface area contributed by atoms with Crippen LogP contribution in [0.1, 0.15) is 37.7 Å². The number of nitrogens with one attached hydrogen (secondary N) is 1. The first-order valence-electron chi connectivity index (χ1n) is 16.3. The Bertz CT molecular complexity index is 1930. The van der Waals surface area contributed by atoms with Crippen LogP contribution < -0.4 is 15.0 Å². The fourth-order valence-corrected chi connectivity index (χ4v) is 8.26. The summed E-state index contributed by atoms with van der Waals surface area (Å²) < 4.78 is 45.3. The van der Waals surface area contributed by atoms with Crippen LogP contribution in [0.3, 0.4) is 0 Å². The number of fused-ring (bicyclic) bond motifs is 6. The van der Waals surface area contributed by atoms with E-state index in [1.54, 1.807) is 18.2 Å². The lowest BCUT2D eigenvalue weighted by atomic mass is 9.93. The molecule has 0 amide bonds. The van der Waals surface area contributed by atoms with Crippen molar-refractivity contribution in [2.24, 2.45) is 5.41 Å². The molecular weight excluding hydrogens is 588 g/mol. The van der Waals surface area contributed by atoms with Gasteiger partial charge in [-0.15, -0.1) is 6.42 Å². The average molecular weight is 624 g/mol. The Kier molecular flexibility index (Phi) is 6.43. The number of piperazine rings is 1. The van der Waals surface area contributed by atoms with E-state index in [2.05, 4.69) is 26.0 Å². The zero-order valence-corrected chi connectivity index (χ0v) is 25.4. The van der Waals surface area contributed by atoms with Gasteiger partial charge in [0, 0.05) is 71.6 Å². The Morgan fingerprint density at radius 3 is 2.65 bits per heavy atom. The Balaban J connectivity index is 1.14. The number of phenolic OH excluding ortho intramolecular Hbond substituents is 1. The summed E-state index contributed by atoms with van der Waals surface area (Å²) in [4.78, 5) is 14.1. The van der Waals surface area contributed by atoms with Crippen LogP contribution in [-0.4, -0.2) is 83.6 Å². The second-order valence-corrected chi connectivity index (χ2v) is 13.9. The number of anilines is 1. The predicted molar refractivity (Wildman–Crippen MR) is 171 cm³/mol. The van der Waals surface area contributed by atoms with E-state index in [-0.39, 0.29) is 45.9 Å². The lowest BCUT2D eigenvalue weighted by Crippen LogP contribution is -2.51. The lowest BCUT2D eigenvalue weighted by molar-refractivity contribution is 0.0176. The number of ether oxygens (including phenoxy) is 2. The minimum Gasteiger partial charge on any atom is -0.508 e. The maximum atomic E-state index is 16.9. The largest absolute Gasteiger partial charge is 0.508 e. The fraction of sp³-hybridized carbons (Fsp3) is 0.444. The quantitative estimate of drug-likeness (QED) is 0.279. The van der Waals surface area contributed by atoms with E-state index in [1.165, 1.54) is 18.2 Å². The highest BCUT2D eigenvalue weighted by Crippen LogP contribution is 2.48. The molecule has 4 saturated heterocycles. The molecule has 9 rings (SSSR count). The van der Waals surface area contributed by atoms with Gasteiger partial charge in [-0.3, -0.25) is 4.90 Å². The maximum Gasteiger partial charge on any atom is 0.319 e. The second-order valence-electron chi connectivity index (χ2n) is 13.9. The molecule has 2 unspecified atom stereocenters. The number of morpholine rings is 1.